The molecular weight excluding hydrogens is 194 g/mol. The highest BCUT2D eigenvalue weighted by Gasteiger charge is 2.34. The maximum atomic E-state index is 11.9. The van der Waals surface area contributed by atoms with Gasteiger partial charge in [-0.3, -0.25) is 4.79 Å². The lowest BCUT2D eigenvalue weighted by atomic mass is 10.0. The van der Waals surface area contributed by atoms with E-state index in [-0.39, 0.29) is 24.2 Å². The fourth-order valence-corrected chi connectivity index (χ4v) is 1.66. The van der Waals surface area contributed by atoms with Crippen molar-refractivity contribution in [3.63, 3.8) is 0 Å². The molecule has 15 heavy (non-hydrogen) atoms. The van der Waals surface area contributed by atoms with Gasteiger partial charge in [-0.2, -0.15) is 0 Å². The second kappa shape index (κ2) is 5.00. The van der Waals surface area contributed by atoms with Crippen LogP contribution in [0.15, 0.2) is 5.16 Å². The molecule has 0 aromatic rings. The van der Waals surface area contributed by atoms with Crippen LogP contribution in [0.2, 0.25) is 0 Å². The lowest BCUT2D eigenvalue weighted by Gasteiger charge is -2.23. The van der Waals surface area contributed by atoms with Crippen LogP contribution < -0.4 is 5.73 Å². The molecule has 0 bridgehead atoms. The van der Waals surface area contributed by atoms with Crippen LogP contribution in [0.25, 0.3) is 0 Å². The van der Waals surface area contributed by atoms with Gasteiger partial charge < -0.3 is 15.8 Å². The summed E-state index contributed by atoms with van der Waals surface area (Å²) in [5.74, 6) is 0.787. The van der Waals surface area contributed by atoms with E-state index in [4.69, 9.17) is 10.9 Å². The SMILES string of the molecule is CCN(CC(N)=NO)C(=O)C(C)C1CC1. The average molecular weight is 213 g/mol. The van der Waals surface area contributed by atoms with Gasteiger partial charge in [0.25, 0.3) is 0 Å². The maximum Gasteiger partial charge on any atom is 0.226 e. The summed E-state index contributed by atoms with van der Waals surface area (Å²) in [7, 11) is 0. The molecule has 5 heteroatoms. The Labute approximate surface area is 89.9 Å². The van der Waals surface area contributed by atoms with E-state index >= 15 is 0 Å². The van der Waals surface area contributed by atoms with Gasteiger partial charge in [0.05, 0.1) is 6.54 Å². The van der Waals surface area contributed by atoms with Crippen LogP contribution in [-0.4, -0.2) is 34.9 Å². The summed E-state index contributed by atoms with van der Waals surface area (Å²) in [4.78, 5) is 13.6. The normalized spacial score (nSPS) is 18.7. The second-order valence-electron chi connectivity index (χ2n) is 4.07. The summed E-state index contributed by atoms with van der Waals surface area (Å²) >= 11 is 0. The predicted octanol–water partition coefficient (Wildman–Crippen LogP) is 0.627. The highest BCUT2D eigenvalue weighted by Crippen LogP contribution is 2.37. The molecule has 1 aliphatic rings. The zero-order chi connectivity index (χ0) is 11.4. The van der Waals surface area contributed by atoms with Gasteiger partial charge >= 0.3 is 0 Å². The molecule has 0 heterocycles. The van der Waals surface area contributed by atoms with E-state index in [0.29, 0.717) is 12.5 Å². The first-order chi connectivity index (χ1) is 7.10. The number of amidine groups is 1. The first kappa shape index (κ1) is 11.8. The summed E-state index contributed by atoms with van der Waals surface area (Å²) in [6, 6.07) is 0. The zero-order valence-electron chi connectivity index (χ0n) is 9.31. The molecule has 1 atom stereocenters. The Hall–Kier alpha value is -1.26. The molecule has 3 N–H and O–H groups in total. The molecule has 0 saturated heterocycles. The van der Waals surface area contributed by atoms with E-state index in [9.17, 15) is 4.79 Å². The summed E-state index contributed by atoms with van der Waals surface area (Å²) in [6.07, 6.45) is 2.29. The predicted molar refractivity (Wildman–Crippen MR) is 57.6 cm³/mol. The molecule has 1 rings (SSSR count). The van der Waals surface area contributed by atoms with Crippen LogP contribution in [0.3, 0.4) is 0 Å². The fraction of sp³-hybridized carbons (Fsp3) is 0.800. The van der Waals surface area contributed by atoms with E-state index in [1.807, 2.05) is 13.8 Å². The van der Waals surface area contributed by atoms with Gasteiger partial charge in [-0.05, 0) is 25.7 Å². The van der Waals surface area contributed by atoms with Gasteiger partial charge in [0.15, 0.2) is 5.84 Å². The molecule has 86 valence electrons. The molecule has 5 nitrogen and oxygen atoms in total. The summed E-state index contributed by atoms with van der Waals surface area (Å²) in [5.41, 5.74) is 5.39. The fourth-order valence-electron chi connectivity index (χ4n) is 1.66. The van der Waals surface area contributed by atoms with Crippen LogP contribution in [0.4, 0.5) is 0 Å². The molecule has 1 fully saturated rings. The monoisotopic (exact) mass is 213 g/mol. The molecule has 0 aromatic heterocycles. The second-order valence-corrected chi connectivity index (χ2v) is 4.07. The smallest absolute Gasteiger partial charge is 0.226 e. The van der Waals surface area contributed by atoms with Crippen molar-refractivity contribution in [2.75, 3.05) is 13.1 Å². The van der Waals surface area contributed by atoms with Crippen LogP contribution in [0, 0.1) is 11.8 Å². The van der Waals surface area contributed by atoms with E-state index in [1.54, 1.807) is 4.90 Å². The number of nitrogens with two attached hydrogens (primary N) is 1. The lowest BCUT2D eigenvalue weighted by Crippen LogP contribution is -2.41. The number of amides is 1. The minimum Gasteiger partial charge on any atom is -0.409 e. The molecule has 0 aliphatic heterocycles. The highest BCUT2D eigenvalue weighted by molar-refractivity contribution is 5.87. The van der Waals surface area contributed by atoms with Crippen molar-refractivity contribution < 1.29 is 10.0 Å². The van der Waals surface area contributed by atoms with E-state index < -0.39 is 0 Å². The molecule has 1 unspecified atom stereocenters. The largest absolute Gasteiger partial charge is 0.409 e. The number of hydrogen-bond donors (Lipinski definition) is 2. The molecule has 0 spiro atoms. The highest BCUT2D eigenvalue weighted by atomic mass is 16.4. The first-order valence-electron chi connectivity index (χ1n) is 5.35. The van der Waals surface area contributed by atoms with Crippen molar-refractivity contribution >= 4 is 11.7 Å². The van der Waals surface area contributed by atoms with Crippen molar-refractivity contribution in [3.05, 3.63) is 0 Å². The van der Waals surface area contributed by atoms with Gasteiger partial charge in [0.1, 0.15) is 0 Å². The zero-order valence-corrected chi connectivity index (χ0v) is 9.31. The minimum atomic E-state index is 0.0662. The standard InChI is InChI=1S/C10H19N3O2/c1-3-13(6-9(11)12-15)10(14)7(2)8-4-5-8/h7-8,15H,3-6H2,1-2H3,(H2,11,12). The molecule has 1 saturated carbocycles. The number of hydrogen-bond acceptors (Lipinski definition) is 3. The Balaban J connectivity index is 2.52. The van der Waals surface area contributed by atoms with Gasteiger partial charge in [0, 0.05) is 12.5 Å². The van der Waals surface area contributed by atoms with Gasteiger partial charge in [-0.15, -0.1) is 0 Å². The molecule has 0 radical (unpaired) electrons. The van der Waals surface area contributed by atoms with Gasteiger partial charge in [0.2, 0.25) is 5.91 Å². The third kappa shape index (κ3) is 3.11. The Kier molecular flexibility index (Phi) is 3.94. The van der Waals surface area contributed by atoms with E-state index in [0.717, 1.165) is 12.8 Å². The number of oxime groups is 1. The van der Waals surface area contributed by atoms with Crippen LogP contribution >= 0.6 is 0 Å². The van der Waals surface area contributed by atoms with Crippen molar-refractivity contribution in [1.82, 2.24) is 4.90 Å². The number of carbonyl (C=O) groups excluding carboxylic acids is 1. The average Bonchev–Trinajstić information content (AvgIpc) is 3.07. The Bertz CT molecular complexity index is 261. The minimum absolute atomic E-state index is 0.0662. The third-order valence-corrected chi connectivity index (χ3v) is 2.89. The lowest BCUT2D eigenvalue weighted by molar-refractivity contribution is -0.134. The van der Waals surface area contributed by atoms with Crippen molar-refractivity contribution in [3.8, 4) is 0 Å². The Morgan fingerprint density at radius 3 is 2.67 bits per heavy atom. The maximum absolute atomic E-state index is 11.9. The molecule has 0 aromatic carbocycles. The number of nitrogens with zero attached hydrogens (tertiary/aromatic N) is 2. The number of carbonyl (C=O) groups is 1. The van der Waals surface area contributed by atoms with Crippen LogP contribution in [0.1, 0.15) is 26.7 Å². The Morgan fingerprint density at radius 1 is 1.67 bits per heavy atom. The summed E-state index contributed by atoms with van der Waals surface area (Å²) in [6.45, 7) is 4.64. The van der Waals surface area contributed by atoms with Crippen molar-refractivity contribution in [2.45, 2.75) is 26.7 Å². The van der Waals surface area contributed by atoms with Crippen LogP contribution in [0.5, 0.6) is 0 Å². The molecule has 1 amide bonds. The van der Waals surface area contributed by atoms with E-state index in [2.05, 4.69) is 5.16 Å². The van der Waals surface area contributed by atoms with Gasteiger partial charge in [-0.1, -0.05) is 12.1 Å². The van der Waals surface area contributed by atoms with Crippen molar-refractivity contribution in [1.29, 1.82) is 0 Å². The molecular formula is C10H19N3O2. The van der Waals surface area contributed by atoms with Crippen LogP contribution in [-0.2, 0) is 4.79 Å². The first-order valence-corrected chi connectivity index (χ1v) is 5.35. The van der Waals surface area contributed by atoms with Crippen molar-refractivity contribution in [2.24, 2.45) is 22.7 Å². The summed E-state index contributed by atoms with van der Waals surface area (Å²) < 4.78 is 0. The summed E-state index contributed by atoms with van der Waals surface area (Å²) in [5, 5.41) is 11.3. The Morgan fingerprint density at radius 2 is 2.27 bits per heavy atom. The van der Waals surface area contributed by atoms with Gasteiger partial charge in [-0.25, -0.2) is 0 Å². The quantitative estimate of drug-likeness (QED) is 0.304. The van der Waals surface area contributed by atoms with E-state index in [1.165, 1.54) is 0 Å². The topological polar surface area (TPSA) is 78.9 Å². The molecule has 1 aliphatic carbocycles. The number of rotatable bonds is 5. The number of likely N-dealkylation sites (N-methyl/N-ethyl adjacent to an activating group) is 1. The third-order valence-electron chi connectivity index (χ3n) is 2.89.